The molecule has 2 unspecified atom stereocenters. The predicted molar refractivity (Wildman–Crippen MR) is 88.9 cm³/mol. The first-order chi connectivity index (χ1) is 10.3. The van der Waals surface area contributed by atoms with Gasteiger partial charge in [-0.05, 0) is 37.3 Å². The van der Waals surface area contributed by atoms with Crippen LogP contribution in [0.15, 0.2) is 30.3 Å². The average molecular weight is 325 g/mol. The molecular formula is C17H25ClN2O2. The van der Waals surface area contributed by atoms with Gasteiger partial charge < -0.3 is 15.3 Å². The molecule has 2 saturated heterocycles. The molecule has 122 valence electrons. The van der Waals surface area contributed by atoms with E-state index in [2.05, 4.69) is 5.32 Å². The van der Waals surface area contributed by atoms with E-state index in [1.54, 1.807) is 0 Å². The molecule has 1 aromatic carbocycles. The third-order valence-corrected chi connectivity index (χ3v) is 4.85. The van der Waals surface area contributed by atoms with Crippen LogP contribution in [0.4, 0.5) is 0 Å². The minimum Gasteiger partial charge on any atom is -0.388 e. The van der Waals surface area contributed by atoms with Crippen molar-refractivity contribution >= 4 is 18.3 Å². The van der Waals surface area contributed by atoms with Gasteiger partial charge in [-0.25, -0.2) is 0 Å². The van der Waals surface area contributed by atoms with Crippen LogP contribution in [0.3, 0.4) is 0 Å². The van der Waals surface area contributed by atoms with Crippen molar-refractivity contribution in [3.8, 4) is 0 Å². The second-order valence-electron chi connectivity index (χ2n) is 6.21. The van der Waals surface area contributed by atoms with Crippen molar-refractivity contribution < 1.29 is 9.90 Å². The number of hydrogen-bond donors (Lipinski definition) is 2. The summed E-state index contributed by atoms with van der Waals surface area (Å²) in [7, 11) is 0. The van der Waals surface area contributed by atoms with Crippen molar-refractivity contribution in [2.45, 2.75) is 25.4 Å². The normalized spacial score (nSPS) is 23.9. The Hall–Kier alpha value is -1.10. The van der Waals surface area contributed by atoms with E-state index in [1.165, 1.54) is 0 Å². The van der Waals surface area contributed by atoms with Crippen LogP contribution in [-0.2, 0) is 4.79 Å². The summed E-state index contributed by atoms with van der Waals surface area (Å²) >= 11 is 0. The van der Waals surface area contributed by atoms with E-state index in [0.29, 0.717) is 5.91 Å². The number of rotatable bonds is 3. The molecule has 0 radical (unpaired) electrons. The van der Waals surface area contributed by atoms with Crippen molar-refractivity contribution in [1.82, 2.24) is 10.2 Å². The maximum absolute atomic E-state index is 12.4. The molecule has 2 aliphatic heterocycles. The average Bonchev–Trinajstić information content (AvgIpc) is 3.09. The molecule has 2 aliphatic rings. The number of amides is 1. The fourth-order valence-electron chi connectivity index (χ4n) is 3.48. The molecule has 3 rings (SSSR count). The van der Waals surface area contributed by atoms with Gasteiger partial charge in [-0.1, -0.05) is 30.3 Å². The summed E-state index contributed by atoms with van der Waals surface area (Å²) in [5.74, 6) is 0.728. The van der Waals surface area contributed by atoms with E-state index in [9.17, 15) is 9.90 Å². The van der Waals surface area contributed by atoms with Gasteiger partial charge in [0.05, 0.1) is 12.0 Å². The Morgan fingerprint density at radius 3 is 2.45 bits per heavy atom. The zero-order valence-electron chi connectivity index (χ0n) is 12.8. The highest BCUT2D eigenvalue weighted by molar-refractivity contribution is 5.85. The third kappa shape index (κ3) is 3.80. The first kappa shape index (κ1) is 17.3. The number of aliphatic hydroxyl groups is 1. The third-order valence-electron chi connectivity index (χ3n) is 4.85. The summed E-state index contributed by atoms with van der Waals surface area (Å²) in [6.45, 7) is 3.35. The number of carbonyl (C=O) groups is 1. The van der Waals surface area contributed by atoms with Crippen LogP contribution in [-0.4, -0.2) is 42.1 Å². The second-order valence-corrected chi connectivity index (χ2v) is 6.21. The zero-order valence-corrected chi connectivity index (χ0v) is 13.6. The molecule has 1 aromatic rings. The van der Waals surface area contributed by atoms with Crippen LogP contribution in [0, 0.1) is 11.8 Å². The monoisotopic (exact) mass is 324 g/mol. The number of piperidine rings is 1. The van der Waals surface area contributed by atoms with Gasteiger partial charge in [0.25, 0.3) is 0 Å². The van der Waals surface area contributed by atoms with Gasteiger partial charge >= 0.3 is 0 Å². The lowest BCUT2D eigenvalue weighted by Gasteiger charge is -2.35. The SMILES string of the molecule is Cl.O=C(C1CCNC1)N1CCC(C(O)c2ccccc2)CC1. The lowest BCUT2D eigenvalue weighted by atomic mass is 9.87. The Morgan fingerprint density at radius 1 is 1.18 bits per heavy atom. The highest BCUT2D eigenvalue weighted by atomic mass is 35.5. The van der Waals surface area contributed by atoms with Gasteiger partial charge in [-0.3, -0.25) is 4.79 Å². The molecule has 2 N–H and O–H groups in total. The Labute approximate surface area is 138 Å². The summed E-state index contributed by atoms with van der Waals surface area (Å²) in [6, 6.07) is 9.85. The summed E-state index contributed by atoms with van der Waals surface area (Å²) in [5, 5.41) is 13.7. The zero-order chi connectivity index (χ0) is 14.7. The molecule has 0 spiro atoms. The minimum absolute atomic E-state index is 0. The summed E-state index contributed by atoms with van der Waals surface area (Å²) in [4.78, 5) is 14.4. The second kappa shape index (κ2) is 7.95. The maximum atomic E-state index is 12.4. The first-order valence-corrected chi connectivity index (χ1v) is 7.98. The largest absolute Gasteiger partial charge is 0.388 e. The van der Waals surface area contributed by atoms with Gasteiger partial charge in [-0.2, -0.15) is 0 Å². The molecule has 2 fully saturated rings. The number of aliphatic hydroxyl groups excluding tert-OH is 1. The van der Waals surface area contributed by atoms with E-state index in [4.69, 9.17) is 0 Å². The Bertz CT molecular complexity index is 469. The van der Waals surface area contributed by atoms with E-state index in [1.807, 2.05) is 35.2 Å². The van der Waals surface area contributed by atoms with Crippen LogP contribution >= 0.6 is 12.4 Å². The van der Waals surface area contributed by atoms with Crippen molar-refractivity contribution in [3.05, 3.63) is 35.9 Å². The van der Waals surface area contributed by atoms with Gasteiger partial charge in [0.1, 0.15) is 0 Å². The topological polar surface area (TPSA) is 52.6 Å². The lowest BCUT2D eigenvalue weighted by Crippen LogP contribution is -2.43. The molecule has 1 amide bonds. The highest BCUT2D eigenvalue weighted by Gasteiger charge is 2.32. The molecule has 4 nitrogen and oxygen atoms in total. The number of nitrogens with zero attached hydrogens (tertiary/aromatic N) is 1. The van der Waals surface area contributed by atoms with Crippen LogP contribution in [0.2, 0.25) is 0 Å². The molecule has 0 bridgehead atoms. The first-order valence-electron chi connectivity index (χ1n) is 7.98. The number of carbonyl (C=O) groups excluding carboxylic acids is 1. The number of halogens is 1. The molecule has 22 heavy (non-hydrogen) atoms. The van der Waals surface area contributed by atoms with E-state index >= 15 is 0 Å². The number of benzene rings is 1. The highest BCUT2D eigenvalue weighted by Crippen LogP contribution is 2.31. The number of nitrogens with one attached hydrogen (secondary N) is 1. The number of hydrogen-bond acceptors (Lipinski definition) is 3. The van der Waals surface area contributed by atoms with Gasteiger partial charge in [0.2, 0.25) is 5.91 Å². The Kier molecular flexibility index (Phi) is 6.24. The smallest absolute Gasteiger partial charge is 0.227 e. The van der Waals surface area contributed by atoms with Crippen molar-refractivity contribution in [2.75, 3.05) is 26.2 Å². The van der Waals surface area contributed by atoms with E-state index in [0.717, 1.165) is 51.0 Å². The lowest BCUT2D eigenvalue weighted by molar-refractivity contribution is -0.136. The van der Waals surface area contributed by atoms with Crippen molar-refractivity contribution in [3.63, 3.8) is 0 Å². The summed E-state index contributed by atoms with van der Waals surface area (Å²) in [5.41, 5.74) is 0.988. The van der Waals surface area contributed by atoms with Crippen molar-refractivity contribution in [2.24, 2.45) is 11.8 Å². The fraction of sp³-hybridized carbons (Fsp3) is 0.588. The predicted octanol–water partition coefficient (Wildman–Crippen LogP) is 1.99. The molecule has 5 heteroatoms. The van der Waals surface area contributed by atoms with E-state index < -0.39 is 6.10 Å². The maximum Gasteiger partial charge on any atom is 0.227 e. The molecule has 2 heterocycles. The summed E-state index contributed by atoms with van der Waals surface area (Å²) in [6.07, 6.45) is 2.34. The van der Waals surface area contributed by atoms with Gasteiger partial charge in [0, 0.05) is 19.6 Å². The molecular weight excluding hydrogens is 300 g/mol. The van der Waals surface area contributed by atoms with Gasteiger partial charge in [-0.15, -0.1) is 12.4 Å². The van der Waals surface area contributed by atoms with Crippen LogP contribution < -0.4 is 5.32 Å². The van der Waals surface area contributed by atoms with E-state index in [-0.39, 0.29) is 24.2 Å². The quantitative estimate of drug-likeness (QED) is 0.894. The van der Waals surface area contributed by atoms with Crippen LogP contribution in [0.1, 0.15) is 30.9 Å². The fourth-order valence-corrected chi connectivity index (χ4v) is 3.48. The minimum atomic E-state index is -0.406. The van der Waals surface area contributed by atoms with Gasteiger partial charge in [0.15, 0.2) is 0 Å². The standard InChI is InChI=1S/C17H24N2O2.ClH/c20-16(13-4-2-1-3-5-13)14-7-10-19(11-8-14)17(21)15-6-9-18-12-15;/h1-5,14-16,18,20H,6-12H2;1H. The molecule has 0 aliphatic carbocycles. The van der Waals surface area contributed by atoms with Crippen LogP contribution in [0.25, 0.3) is 0 Å². The number of likely N-dealkylation sites (tertiary alicyclic amines) is 1. The van der Waals surface area contributed by atoms with Crippen LogP contribution in [0.5, 0.6) is 0 Å². The Balaban J connectivity index is 0.00000176. The Morgan fingerprint density at radius 2 is 1.86 bits per heavy atom. The molecule has 2 atom stereocenters. The molecule has 0 aromatic heterocycles. The molecule has 0 saturated carbocycles. The van der Waals surface area contributed by atoms with Crippen molar-refractivity contribution in [1.29, 1.82) is 0 Å². The summed E-state index contributed by atoms with van der Waals surface area (Å²) < 4.78 is 0.